The molecule has 0 radical (unpaired) electrons. The molecule has 134 valence electrons. The minimum absolute atomic E-state index is 0.151. The summed E-state index contributed by atoms with van der Waals surface area (Å²) in [5.74, 6) is 0. The van der Waals surface area contributed by atoms with E-state index in [0.717, 1.165) is 37.9 Å². The summed E-state index contributed by atoms with van der Waals surface area (Å²) in [6, 6.07) is 7.14. The Morgan fingerprint density at radius 1 is 1.17 bits per heavy atom. The summed E-state index contributed by atoms with van der Waals surface area (Å²) in [7, 11) is 0. The van der Waals surface area contributed by atoms with Crippen LogP contribution in [0.5, 0.6) is 0 Å². The quantitative estimate of drug-likeness (QED) is 0.879. The molecule has 24 heavy (non-hydrogen) atoms. The Morgan fingerprint density at radius 3 is 2.46 bits per heavy atom. The molecule has 1 aromatic carbocycles. The average Bonchev–Trinajstić information content (AvgIpc) is 2.45. The highest BCUT2D eigenvalue weighted by Gasteiger charge is 2.36. The molecule has 3 nitrogen and oxygen atoms in total. The van der Waals surface area contributed by atoms with Gasteiger partial charge in [0.05, 0.1) is 18.3 Å². The van der Waals surface area contributed by atoms with Crippen molar-refractivity contribution < 1.29 is 9.84 Å². The molecule has 0 amide bonds. The summed E-state index contributed by atoms with van der Waals surface area (Å²) >= 11 is 0. The number of nitrogens with zero attached hydrogens (tertiary/aromatic N) is 1. The van der Waals surface area contributed by atoms with Crippen LogP contribution in [0, 0.1) is 5.41 Å². The highest BCUT2D eigenvalue weighted by atomic mass is 16.5. The monoisotopic (exact) mass is 331 g/mol. The van der Waals surface area contributed by atoms with Gasteiger partial charge in [-0.05, 0) is 55.2 Å². The third kappa shape index (κ3) is 3.68. The average molecular weight is 332 g/mol. The summed E-state index contributed by atoms with van der Waals surface area (Å²) in [4.78, 5) is 2.60. The fraction of sp³-hybridized carbons (Fsp3) is 0.714. The lowest BCUT2D eigenvalue weighted by Crippen LogP contribution is -2.49. The first-order valence-corrected chi connectivity index (χ1v) is 9.46. The zero-order valence-corrected chi connectivity index (χ0v) is 15.9. The van der Waals surface area contributed by atoms with Crippen LogP contribution in [0.25, 0.3) is 0 Å². The highest BCUT2D eigenvalue weighted by molar-refractivity contribution is 5.37. The molecule has 0 aromatic heterocycles. The van der Waals surface area contributed by atoms with Gasteiger partial charge in [-0.1, -0.05) is 39.0 Å². The first-order valence-electron chi connectivity index (χ1n) is 9.46. The Labute approximate surface area is 147 Å². The van der Waals surface area contributed by atoms with Crippen LogP contribution < -0.4 is 0 Å². The van der Waals surface area contributed by atoms with Crippen molar-refractivity contribution in [1.29, 1.82) is 0 Å². The SMILES string of the molecule is CC1CN(C(c2ccc3c(c2)CCCC3O)C(C)(C)C)CC(C)O1. The molecule has 4 unspecified atom stereocenters. The number of ether oxygens (including phenoxy) is 1. The van der Waals surface area contributed by atoms with Gasteiger partial charge in [0, 0.05) is 19.1 Å². The minimum Gasteiger partial charge on any atom is -0.388 e. The third-order valence-corrected chi connectivity index (χ3v) is 5.40. The summed E-state index contributed by atoms with van der Waals surface area (Å²) in [6.07, 6.45) is 3.35. The van der Waals surface area contributed by atoms with Crippen LogP contribution >= 0.6 is 0 Å². The molecule has 2 aliphatic rings. The number of morpholine rings is 1. The number of hydrogen-bond donors (Lipinski definition) is 1. The van der Waals surface area contributed by atoms with Gasteiger partial charge in [0.15, 0.2) is 0 Å². The van der Waals surface area contributed by atoms with Gasteiger partial charge in [-0.2, -0.15) is 0 Å². The molecular weight excluding hydrogens is 298 g/mol. The highest BCUT2D eigenvalue weighted by Crippen LogP contribution is 2.41. The van der Waals surface area contributed by atoms with E-state index >= 15 is 0 Å². The number of aliphatic hydroxyl groups is 1. The molecule has 1 aliphatic carbocycles. The molecule has 3 rings (SSSR count). The third-order valence-electron chi connectivity index (χ3n) is 5.40. The van der Waals surface area contributed by atoms with Crippen molar-refractivity contribution in [2.75, 3.05) is 13.1 Å². The molecule has 1 saturated heterocycles. The van der Waals surface area contributed by atoms with Gasteiger partial charge in [-0.15, -0.1) is 0 Å². The van der Waals surface area contributed by atoms with E-state index in [1.807, 2.05) is 0 Å². The lowest BCUT2D eigenvalue weighted by atomic mass is 9.78. The fourth-order valence-electron chi connectivity index (χ4n) is 4.67. The van der Waals surface area contributed by atoms with Gasteiger partial charge in [-0.25, -0.2) is 0 Å². The molecular formula is C21H33NO2. The van der Waals surface area contributed by atoms with Gasteiger partial charge >= 0.3 is 0 Å². The summed E-state index contributed by atoms with van der Waals surface area (Å²) in [5, 5.41) is 10.2. The van der Waals surface area contributed by atoms with E-state index in [0.29, 0.717) is 6.04 Å². The largest absolute Gasteiger partial charge is 0.388 e. The Morgan fingerprint density at radius 2 is 1.83 bits per heavy atom. The van der Waals surface area contributed by atoms with E-state index < -0.39 is 0 Å². The number of rotatable bonds is 2. The van der Waals surface area contributed by atoms with E-state index in [4.69, 9.17) is 4.74 Å². The predicted octanol–water partition coefficient (Wildman–Crippen LogP) is 4.25. The summed E-state index contributed by atoms with van der Waals surface area (Å²) < 4.78 is 5.94. The molecule has 1 fully saturated rings. The van der Waals surface area contributed by atoms with Crippen LogP contribution in [0.1, 0.15) is 76.3 Å². The molecule has 0 saturated carbocycles. The van der Waals surface area contributed by atoms with Crippen molar-refractivity contribution in [2.24, 2.45) is 5.41 Å². The Balaban J connectivity index is 1.95. The van der Waals surface area contributed by atoms with Crippen LogP contribution in [-0.4, -0.2) is 35.3 Å². The topological polar surface area (TPSA) is 32.7 Å². The minimum atomic E-state index is -0.278. The second kappa shape index (κ2) is 6.78. The van der Waals surface area contributed by atoms with E-state index in [-0.39, 0.29) is 23.7 Å². The van der Waals surface area contributed by atoms with E-state index in [2.05, 4.69) is 57.7 Å². The smallest absolute Gasteiger partial charge is 0.0792 e. The van der Waals surface area contributed by atoms with Crippen molar-refractivity contribution >= 4 is 0 Å². The molecule has 3 heteroatoms. The number of fused-ring (bicyclic) bond motifs is 1. The van der Waals surface area contributed by atoms with Crippen LogP contribution in [0.3, 0.4) is 0 Å². The first kappa shape index (κ1) is 17.9. The van der Waals surface area contributed by atoms with Gasteiger partial charge < -0.3 is 9.84 Å². The number of hydrogen-bond acceptors (Lipinski definition) is 3. The summed E-state index contributed by atoms with van der Waals surface area (Å²) in [6.45, 7) is 13.3. The fourth-order valence-corrected chi connectivity index (χ4v) is 4.67. The maximum absolute atomic E-state index is 10.2. The number of aryl methyl sites for hydroxylation is 1. The van der Waals surface area contributed by atoms with Crippen molar-refractivity contribution in [3.05, 3.63) is 34.9 Å². The lowest BCUT2D eigenvalue weighted by molar-refractivity contribution is -0.0942. The zero-order valence-electron chi connectivity index (χ0n) is 15.9. The molecule has 1 heterocycles. The van der Waals surface area contributed by atoms with Crippen LogP contribution in [-0.2, 0) is 11.2 Å². The first-order chi connectivity index (χ1) is 11.3. The van der Waals surface area contributed by atoms with Crippen LogP contribution in [0.4, 0.5) is 0 Å². The number of benzene rings is 1. The number of aliphatic hydroxyl groups excluding tert-OH is 1. The second-order valence-corrected chi connectivity index (χ2v) is 8.85. The van der Waals surface area contributed by atoms with Gasteiger partial charge in [-0.3, -0.25) is 4.90 Å². The van der Waals surface area contributed by atoms with Gasteiger partial charge in [0.1, 0.15) is 0 Å². The maximum Gasteiger partial charge on any atom is 0.0792 e. The standard InChI is InChI=1S/C21H33NO2/c1-14-12-22(13-15(2)24-14)20(21(3,4)5)17-9-10-18-16(11-17)7-6-8-19(18)23/h9-11,14-15,19-20,23H,6-8,12-13H2,1-5H3. The van der Waals surface area contributed by atoms with Crippen LogP contribution in [0.2, 0.25) is 0 Å². The van der Waals surface area contributed by atoms with Crippen molar-refractivity contribution in [2.45, 2.75) is 78.2 Å². The predicted molar refractivity (Wildman–Crippen MR) is 98.1 cm³/mol. The molecule has 1 aromatic rings. The zero-order chi connectivity index (χ0) is 17.5. The van der Waals surface area contributed by atoms with Crippen molar-refractivity contribution in [1.82, 2.24) is 4.90 Å². The Hall–Kier alpha value is -0.900. The van der Waals surface area contributed by atoms with Crippen molar-refractivity contribution in [3.63, 3.8) is 0 Å². The summed E-state index contributed by atoms with van der Waals surface area (Å²) in [5.41, 5.74) is 4.02. The molecule has 0 bridgehead atoms. The van der Waals surface area contributed by atoms with E-state index in [1.54, 1.807) is 0 Å². The van der Waals surface area contributed by atoms with Gasteiger partial charge in [0.25, 0.3) is 0 Å². The lowest BCUT2D eigenvalue weighted by Gasteiger charge is -2.46. The van der Waals surface area contributed by atoms with E-state index in [1.165, 1.54) is 11.1 Å². The Bertz CT molecular complexity index is 568. The molecule has 1 N–H and O–H groups in total. The van der Waals surface area contributed by atoms with Gasteiger partial charge in [0.2, 0.25) is 0 Å². The Kier molecular flexibility index (Phi) is 5.06. The van der Waals surface area contributed by atoms with E-state index in [9.17, 15) is 5.11 Å². The maximum atomic E-state index is 10.2. The van der Waals surface area contributed by atoms with Crippen LogP contribution in [0.15, 0.2) is 18.2 Å². The molecule has 1 aliphatic heterocycles. The normalized spacial score (nSPS) is 30.0. The van der Waals surface area contributed by atoms with Crippen molar-refractivity contribution in [3.8, 4) is 0 Å². The molecule has 0 spiro atoms. The molecule has 4 atom stereocenters. The second-order valence-electron chi connectivity index (χ2n) is 8.85.